The molecule has 0 rings (SSSR count). The van der Waals surface area contributed by atoms with E-state index in [1.165, 1.54) is 0 Å². The van der Waals surface area contributed by atoms with E-state index in [0.717, 1.165) is 0 Å². The van der Waals surface area contributed by atoms with E-state index in [4.69, 9.17) is 34.8 Å². The summed E-state index contributed by atoms with van der Waals surface area (Å²) in [5.74, 6) is -0.711. The van der Waals surface area contributed by atoms with Crippen molar-refractivity contribution in [1.29, 1.82) is 0 Å². The predicted octanol–water partition coefficient (Wildman–Crippen LogP) is 1.54. The lowest BCUT2D eigenvalue weighted by Gasteiger charge is -2.09. The molecule has 0 aliphatic carbocycles. The SMILES string of the molecule is O=C(NC(=O)C(Cl)(Cl)Cl)OCCS. The maximum Gasteiger partial charge on any atom is 0.413 e. The Kier molecular flexibility index (Phi) is 5.87. The van der Waals surface area contributed by atoms with E-state index in [-0.39, 0.29) is 6.61 Å². The second-order valence-corrected chi connectivity index (χ2v) is 4.54. The Morgan fingerprint density at radius 2 is 1.92 bits per heavy atom. The molecule has 0 unspecified atom stereocenters. The van der Waals surface area contributed by atoms with Gasteiger partial charge < -0.3 is 4.74 Å². The summed E-state index contributed by atoms with van der Waals surface area (Å²) >= 11 is 19.2. The molecule has 0 radical (unpaired) electrons. The fourth-order valence-corrected chi connectivity index (χ4v) is 0.571. The maximum atomic E-state index is 10.8. The summed E-state index contributed by atoms with van der Waals surface area (Å²) in [7, 11) is 0. The zero-order chi connectivity index (χ0) is 10.5. The Bertz CT molecular complexity index is 206. The van der Waals surface area contributed by atoms with E-state index in [0.29, 0.717) is 5.75 Å². The number of amides is 2. The number of hydrogen-bond donors (Lipinski definition) is 2. The van der Waals surface area contributed by atoms with E-state index in [1.807, 2.05) is 0 Å². The Balaban J connectivity index is 3.86. The van der Waals surface area contributed by atoms with Gasteiger partial charge in [0.1, 0.15) is 6.61 Å². The topological polar surface area (TPSA) is 55.4 Å². The molecule has 0 saturated carbocycles. The number of alkyl halides is 3. The van der Waals surface area contributed by atoms with Gasteiger partial charge in [-0.1, -0.05) is 34.8 Å². The molecule has 1 N–H and O–H groups in total. The molecule has 0 saturated heterocycles. The summed E-state index contributed by atoms with van der Waals surface area (Å²) in [5, 5.41) is 1.72. The zero-order valence-electron chi connectivity index (χ0n) is 6.22. The molecule has 0 bridgehead atoms. The van der Waals surface area contributed by atoms with Gasteiger partial charge in [-0.3, -0.25) is 10.1 Å². The molecule has 0 aromatic heterocycles. The van der Waals surface area contributed by atoms with Gasteiger partial charge in [0, 0.05) is 5.75 Å². The third kappa shape index (κ3) is 6.26. The van der Waals surface area contributed by atoms with Crippen molar-refractivity contribution in [2.24, 2.45) is 0 Å². The fourth-order valence-electron chi connectivity index (χ4n) is 0.338. The molecule has 0 aliphatic heterocycles. The van der Waals surface area contributed by atoms with Crippen molar-refractivity contribution < 1.29 is 14.3 Å². The van der Waals surface area contributed by atoms with Crippen LogP contribution in [0.1, 0.15) is 0 Å². The van der Waals surface area contributed by atoms with Crippen molar-refractivity contribution in [1.82, 2.24) is 5.32 Å². The van der Waals surface area contributed by atoms with Crippen molar-refractivity contribution in [3.63, 3.8) is 0 Å². The highest BCUT2D eigenvalue weighted by atomic mass is 35.6. The molecule has 0 aromatic carbocycles. The number of rotatable bonds is 2. The van der Waals surface area contributed by atoms with E-state index in [9.17, 15) is 9.59 Å². The second-order valence-electron chi connectivity index (χ2n) is 1.81. The minimum atomic E-state index is -2.17. The van der Waals surface area contributed by atoms with Gasteiger partial charge in [-0.25, -0.2) is 4.79 Å². The number of alkyl carbamates (subject to hydrolysis) is 1. The first-order valence-corrected chi connectivity index (χ1v) is 4.80. The van der Waals surface area contributed by atoms with Crippen molar-refractivity contribution in [2.45, 2.75) is 3.79 Å². The number of halogens is 3. The number of hydrogen-bond acceptors (Lipinski definition) is 4. The highest BCUT2D eigenvalue weighted by molar-refractivity contribution is 7.80. The minimum Gasteiger partial charge on any atom is -0.448 e. The van der Waals surface area contributed by atoms with Crippen molar-refractivity contribution in [2.75, 3.05) is 12.4 Å². The van der Waals surface area contributed by atoms with Gasteiger partial charge in [-0.2, -0.15) is 12.6 Å². The summed E-state index contributed by atoms with van der Waals surface area (Å²) < 4.78 is 2.27. The molecule has 0 aromatic rings. The molecule has 0 atom stereocenters. The van der Waals surface area contributed by atoms with Gasteiger partial charge in [0.15, 0.2) is 0 Å². The maximum absolute atomic E-state index is 10.8. The zero-order valence-corrected chi connectivity index (χ0v) is 9.38. The first kappa shape index (κ1) is 13.2. The summed E-state index contributed by atoms with van der Waals surface area (Å²) in [6.07, 6.45) is -0.967. The molecule has 2 amide bonds. The number of carbonyl (C=O) groups excluding carboxylic acids is 2. The normalized spacial score (nSPS) is 10.8. The van der Waals surface area contributed by atoms with Crippen LogP contribution in [0.3, 0.4) is 0 Å². The smallest absolute Gasteiger partial charge is 0.413 e. The van der Waals surface area contributed by atoms with Gasteiger partial charge in [0.2, 0.25) is 0 Å². The van der Waals surface area contributed by atoms with E-state index in [1.54, 1.807) is 5.32 Å². The molecule has 76 valence electrons. The van der Waals surface area contributed by atoms with Crippen molar-refractivity contribution >= 4 is 59.4 Å². The molecule has 13 heavy (non-hydrogen) atoms. The molecule has 0 aliphatic rings. The Morgan fingerprint density at radius 3 is 2.31 bits per heavy atom. The summed E-state index contributed by atoms with van der Waals surface area (Å²) in [5.41, 5.74) is 0. The molecule has 4 nitrogen and oxygen atoms in total. The lowest BCUT2D eigenvalue weighted by atomic mass is 10.7. The molecule has 8 heteroatoms. The summed E-state index contributed by atoms with van der Waals surface area (Å²) in [4.78, 5) is 21.5. The number of carbonyl (C=O) groups is 2. The minimum absolute atomic E-state index is 0.0715. The van der Waals surface area contributed by atoms with E-state index in [2.05, 4.69) is 17.4 Å². The third-order valence-corrected chi connectivity index (χ3v) is 1.50. The summed E-state index contributed by atoms with van der Waals surface area (Å²) in [6, 6.07) is 0. The van der Waals surface area contributed by atoms with Gasteiger partial charge in [0.05, 0.1) is 0 Å². The van der Waals surface area contributed by atoms with E-state index >= 15 is 0 Å². The average Bonchev–Trinajstić information content (AvgIpc) is 1.99. The van der Waals surface area contributed by atoms with Gasteiger partial charge in [0.25, 0.3) is 9.70 Å². The predicted molar refractivity (Wildman–Crippen MR) is 53.6 cm³/mol. The Hall–Kier alpha value is 0.160. The lowest BCUT2D eigenvalue weighted by Crippen LogP contribution is -2.39. The highest BCUT2D eigenvalue weighted by Crippen LogP contribution is 2.25. The van der Waals surface area contributed by atoms with Gasteiger partial charge in [-0.05, 0) is 0 Å². The van der Waals surface area contributed by atoms with Gasteiger partial charge in [-0.15, -0.1) is 0 Å². The highest BCUT2D eigenvalue weighted by Gasteiger charge is 2.32. The molecule has 0 fully saturated rings. The number of thiol groups is 1. The van der Waals surface area contributed by atoms with Crippen LogP contribution >= 0.6 is 47.4 Å². The van der Waals surface area contributed by atoms with Crippen LogP contribution in [0.25, 0.3) is 0 Å². The first-order valence-electron chi connectivity index (χ1n) is 3.03. The number of imide groups is 1. The molecule has 0 spiro atoms. The molecular formula is C5H6Cl3NO3S. The van der Waals surface area contributed by atoms with Crippen LogP contribution < -0.4 is 5.32 Å². The number of ether oxygens (including phenoxy) is 1. The van der Waals surface area contributed by atoms with Crippen molar-refractivity contribution in [3.05, 3.63) is 0 Å². The summed E-state index contributed by atoms with van der Waals surface area (Å²) in [6.45, 7) is 0.0715. The average molecular weight is 267 g/mol. The lowest BCUT2D eigenvalue weighted by molar-refractivity contribution is -0.119. The van der Waals surface area contributed by atoms with E-state index < -0.39 is 15.8 Å². The van der Waals surface area contributed by atoms with Crippen LogP contribution in [-0.4, -0.2) is 28.2 Å². The van der Waals surface area contributed by atoms with Crippen molar-refractivity contribution in [3.8, 4) is 0 Å². The van der Waals surface area contributed by atoms with Crippen LogP contribution in [-0.2, 0) is 9.53 Å². The fraction of sp³-hybridized carbons (Fsp3) is 0.600. The monoisotopic (exact) mass is 265 g/mol. The van der Waals surface area contributed by atoms with Gasteiger partial charge >= 0.3 is 6.09 Å². The van der Waals surface area contributed by atoms with Crippen LogP contribution in [0.4, 0.5) is 4.79 Å². The van der Waals surface area contributed by atoms with Crippen LogP contribution in [0.5, 0.6) is 0 Å². The van der Waals surface area contributed by atoms with Crippen LogP contribution in [0, 0.1) is 0 Å². The molecular weight excluding hydrogens is 260 g/mol. The number of nitrogens with one attached hydrogen (secondary N) is 1. The standard InChI is InChI=1S/C5H6Cl3NO3S/c6-5(7,8)3(10)9-4(11)12-1-2-13/h13H,1-2H2,(H,9,10,11). The second kappa shape index (κ2) is 5.80. The first-order chi connectivity index (χ1) is 5.88. The molecule has 0 heterocycles. The Morgan fingerprint density at radius 1 is 1.38 bits per heavy atom. The van der Waals surface area contributed by atoms with Crippen LogP contribution in [0.2, 0.25) is 0 Å². The quantitative estimate of drug-likeness (QED) is 0.589. The largest absolute Gasteiger partial charge is 0.448 e. The van der Waals surface area contributed by atoms with Crippen LogP contribution in [0.15, 0.2) is 0 Å². The Labute approximate surface area is 95.3 Å². The third-order valence-electron chi connectivity index (χ3n) is 0.798.